The number of hydrogen-bond donors (Lipinski definition) is 2. The molecule has 2 amide bonds. The first-order valence-corrected chi connectivity index (χ1v) is 10.5. The van der Waals surface area contributed by atoms with E-state index >= 15 is 0 Å². The Balaban J connectivity index is 2.15. The van der Waals surface area contributed by atoms with Crippen LogP contribution in [0.25, 0.3) is 0 Å². The summed E-state index contributed by atoms with van der Waals surface area (Å²) in [5, 5.41) is 4.17. The van der Waals surface area contributed by atoms with Gasteiger partial charge in [0, 0.05) is 5.56 Å². The van der Waals surface area contributed by atoms with Gasteiger partial charge in [-0.1, -0.05) is 24.3 Å². The highest BCUT2D eigenvalue weighted by atomic mass is 35.5. The molecule has 33 heavy (non-hydrogen) atoms. The van der Waals surface area contributed by atoms with E-state index in [1.165, 1.54) is 6.21 Å². The second kappa shape index (κ2) is 13.0. The van der Waals surface area contributed by atoms with Crippen LogP contribution in [0.15, 0.2) is 48.1 Å². The molecule has 10 heteroatoms. The number of nitrogens with two attached hydrogens (primary N) is 1. The third-order valence-electron chi connectivity index (χ3n) is 3.93. The minimum atomic E-state index is -0.644. The van der Waals surface area contributed by atoms with Crippen molar-refractivity contribution in [3.63, 3.8) is 0 Å². The van der Waals surface area contributed by atoms with E-state index in [1.807, 2.05) is 6.92 Å². The Bertz CT molecular complexity index is 1030. The third-order valence-corrected chi connectivity index (χ3v) is 4.21. The van der Waals surface area contributed by atoms with Gasteiger partial charge in [-0.3, -0.25) is 9.59 Å². The number of rotatable bonds is 13. The van der Waals surface area contributed by atoms with Gasteiger partial charge in [0.15, 0.2) is 29.6 Å². The zero-order chi connectivity index (χ0) is 24.2. The van der Waals surface area contributed by atoms with Crippen molar-refractivity contribution < 1.29 is 28.5 Å². The smallest absolute Gasteiger partial charge is 0.271 e. The van der Waals surface area contributed by atoms with Crippen LogP contribution in [-0.4, -0.2) is 44.5 Å². The molecule has 9 nitrogen and oxygen atoms in total. The topological polar surface area (TPSA) is 121 Å². The Labute approximate surface area is 197 Å². The van der Waals surface area contributed by atoms with E-state index in [2.05, 4.69) is 17.1 Å². The molecular formula is C23H26ClN3O6. The van der Waals surface area contributed by atoms with Crippen molar-refractivity contribution >= 4 is 29.6 Å². The molecule has 0 unspecified atom stereocenters. The maximum Gasteiger partial charge on any atom is 0.271 e. The van der Waals surface area contributed by atoms with Crippen molar-refractivity contribution in [3.05, 3.63) is 59.1 Å². The average molecular weight is 476 g/mol. The molecule has 0 aliphatic rings. The second-order valence-corrected chi connectivity index (χ2v) is 6.82. The summed E-state index contributed by atoms with van der Waals surface area (Å²) >= 11 is 6.25. The van der Waals surface area contributed by atoms with E-state index in [1.54, 1.807) is 43.3 Å². The zero-order valence-electron chi connectivity index (χ0n) is 18.4. The van der Waals surface area contributed by atoms with Gasteiger partial charge >= 0.3 is 0 Å². The largest absolute Gasteiger partial charge is 0.490 e. The predicted octanol–water partition coefficient (Wildman–Crippen LogP) is 3.33. The van der Waals surface area contributed by atoms with Gasteiger partial charge in [0.05, 0.1) is 24.5 Å². The van der Waals surface area contributed by atoms with Crippen LogP contribution >= 0.6 is 11.6 Å². The van der Waals surface area contributed by atoms with Crippen LogP contribution in [-0.2, 0) is 4.79 Å². The van der Waals surface area contributed by atoms with Crippen LogP contribution in [0.1, 0.15) is 29.8 Å². The molecule has 2 aromatic rings. The molecular weight excluding hydrogens is 450 g/mol. The van der Waals surface area contributed by atoms with Crippen molar-refractivity contribution in [3.8, 4) is 23.0 Å². The summed E-state index contributed by atoms with van der Waals surface area (Å²) in [6, 6.07) is 7.98. The number of hydrazone groups is 1. The fourth-order valence-corrected chi connectivity index (χ4v) is 2.90. The molecule has 0 atom stereocenters. The summed E-state index contributed by atoms with van der Waals surface area (Å²) in [5.74, 6) is 0.370. The fourth-order valence-electron chi connectivity index (χ4n) is 2.62. The Kier molecular flexibility index (Phi) is 10.0. The zero-order valence-corrected chi connectivity index (χ0v) is 19.2. The molecule has 0 saturated heterocycles. The summed E-state index contributed by atoms with van der Waals surface area (Å²) in [5.41, 5.74) is 8.44. The average Bonchev–Trinajstić information content (AvgIpc) is 2.77. The van der Waals surface area contributed by atoms with Crippen molar-refractivity contribution in [2.75, 3.05) is 26.4 Å². The van der Waals surface area contributed by atoms with Crippen LogP contribution in [0, 0.1) is 0 Å². The summed E-state index contributed by atoms with van der Waals surface area (Å²) < 4.78 is 21.9. The van der Waals surface area contributed by atoms with Crippen LogP contribution in [0.2, 0.25) is 5.02 Å². The van der Waals surface area contributed by atoms with Gasteiger partial charge in [0.1, 0.15) is 6.61 Å². The van der Waals surface area contributed by atoms with Gasteiger partial charge in [-0.2, -0.15) is 5.10 Å². The van der Waals surface area contributed by atoms with E-state index < -0.39 is 11.8 Å². The number of ether oxygens (including phenoxy) is 4. The molecule has 0 spiro atoms. The second-order valence-electron chi connectivity index (χ2n) is 6.41. The lowest BCUT2D eigenvalue weighted by Crippen LogP contribution is -2.20. The maximum absolute atomic E-state index is 12.5. The Morgan fingerprint density at radius 3 is 2.45 bits per heavy atom. The Morgan fingerprint density at radius 1 is 1.06 bits per heavy atom. The highest BCUT2D eigenvalue weighted by Crippen LogP contribution is 2.36. The first-order valence-electron chi connectivity index (χ1n) is 10.1. The van der Waals surface area contributed by atoms with Gasteiger partial charge in [-0.15, -0.1) is 0 Å². The number of amides is 2. The minimum Gasteiger partial charge on any atom is -0.490 e. The number of hydrogen-bond acceptors (Lipinski definition) is 7. The minimum absolute atomic E-state index is 0.195. The summed E-state index contributed by atoms with van der Waals surface area (Å²) in [6.45, 7) is 7.96. The molecule has 0 saturated carbocycles. The first kappa shape index (κ1) is 25.5. The fraction of sp³-hybridized carbons (Fsp3) is 0.261. The van der Waals surface area contributed by atoms with E-state index in [0.29, 0.717) is 48.2 Å². The molecule has 0 aromatic heterocycles. The van der Waals surface area contributed by atoms with E-state index in [4.69, 9.17) is 36.3 Å². The van der Waals surface area contributed by atoms with Crippen molar-refractivity contribution in [2.24, 2.45) is 10.8 Å². The molecule has 0 aliphatic carbocycles. The lowest BCUT2D eigenvalue weighted by Gasteiger charge is -2.13. The number of nitrogens with zero attached hydrogens (tertiary/aromatic N) is 1. The van der Waals surface area contributed by atoms with E-state index in [-0.39, 0.29) is 17.4 Å². The monoisotopic (exact) mass is 475 g/mol. The molecule has 3 N–H and O–H groups in total. The highest BCUT2D eigenvalue weighted by Gasteiger charge is 2.14. The highest BCUT2D eigenvalue weighted by molar-refractivity contribution is 6.32. The van der Waals surface area contributed by atoms with Crippen molar-refractivity contribution in [1.82, 2.24) is 5.43 Å². The lowest BCUT2D eigenvalue weighted by atomic mass is 10.2. The van der Waals surface area contributed by atoms with Gasteiger partial charge in [-0.05, 0) is 49.7 Å². The van der Waals surface area contributed by atoms with Gasteiger partial charge < -0.3 is 24.7 Å². The molecule has 0 radical (unpaired) electrons. The molecule has 0 aliphatic heterocycles. The lowest BCUT2D eigenvalue weighted by molar-refractivity contribution is -0.119. The molecule has 2 aromatic carbocycles. The number of halogens is 1. The summed E-state index contributed by atoms with van der Waals surface area (Å²) in [7, 11) is 0. The summed E-state index contributed by atoms with van der Waals surface area (Å²) in [6.07, 6.45) is 3.01. The Hall–Kier alpha value is -3.72. The summed E-state index contributed by atoms with van der Waals surface area (Å²) in [4.78, 5) is 23.5. The number of primary amides is 1. The quantitative estimate of drug-likeness (QED) is 0.260. The van der Waals surface area contributed by atoms with Crippen LogP contribution in [0.4, 0.5) is 0 Å². The standard InChI is InChI=1S/C23H26ClN3O6/c1-4-9-32-18-8-7-16(12-19(18)30-5-2)23(29)27-26-13-15-10-17(24)22(33-14-21(25)28)20(11-15)31-6-3/h4,7-8,10-13H,1,5-6,9,14H2,2-3H3,(H2,25,28)(H,27,29)/b26-13+. The van der Waals surface area contributed by atoms with Gasteiger partial charge in [0.2, 0.25) is 0 Å². The van der Waals surface area contributed by atoms with Crippen LogP contribution in [0.3, 0.4) is 0 Å². The molecule has 2 rings (SSSR count). The van der Waals surface area contributed by atoms with Crippen molar-refractivity contribution in [2.45, 2.75) is 13.8 Å². The molecule has 0 fully saturated rings. The number of carbonyl (C=O) groups is 2. The predicted molar refractivity (Wildman–Crippen MR) is 126 cm³/mol. The molecule has 0 heterocycles. The van der Waals surface area contributed by atoms with Crippen molar-refractivity contribution in [1.29, 1.82) is 0 Å². The number of nitrogens with one attached hydrogen (secondary N) is 1. The molecule has 0 bridgehead atoms. The Morgan fingerprint density at radius 2 is 1.79 bits per heavy atom. The number of carbonyl (C=O) groups excluding carboxylic acids is 2. The van der Waals surface area contributed by atoms with E-state index in [9.17, 15) is 9.59 Å². The molecule has 176 valence electrons. The van der Waals surface area contributed by atoms with Gasteiger partial charge in [-0.25, -0.2) is 5.43 Å². The third kappa shape index (κ3) is 7.73. The maximum atomic E-state index is 12.5. The first-order chi connectivity index (χ1) is 15.9. The van der Waals surface area contributed by atoms with Crippen LogP contribution in [0.5, 0.6) is 23.0 Å². The SMILES string of the molecule is C=CCOc1ccc(C(=O)N/N=C/c2cc(Cl)c(OCC(N)=O)c(OCC)c2)cc1OCC. The number of benzene rings is 2. The van der Waals surface area contributed by atoms with Gasteiger partial charge in [0.25, 0.3) is 11.8 Å². The normalized spacial score (nSPS) is 10.5. The van der Waals surface area contributed by atoms with E-state index in [0.717, 1.165) is 0 Å². The van der Waals surface area contributed by atoms with Crippen LogP contribution < -0.4 is 30.1 Å².